The summed E-state index contributed by atoms with van der Waals surface area (Å²) in [5, 5.41) is 3.34. The Morgan fingerprint density at radius 3 is 2.90 bits per heavy atom. The van der Waals surface area contributed by atoms with Crippen LogP contribution in [0, 0.1) is 13.8 Å². The van der Waals surface area contributed by atoms with E-state index in [0.29, 0.717) is 30.7 Å². The van der Waals surface area contributed by atoms with E-state index in [2.05, 4.69) is 15.3 Å². The molecule has 0 aliphatic heterocycles. The first-order valence-corrected chi connectivity index (χ1v) is 7.30. The predicted octanol–water partition coefficient (Wildman–Crippen LogP) is 0.609. The van der Waals surface area contributed by atoms with E-state index in [4.69, 9.17) is 5.73 Å². The normalized spacial score (nSPS) is 10.9. The van der Waals surface area contributed by atoms with Crippen molar-refractivity contribution in [2.24, 2.45) is 5.73 Å². The Morgan fingerprint density at radius 2 is 2.20 bits per heavy atom. The van der Waals surface area contributed by atoms with Crippen molar-refractivity contribution >= 4 is 27.5 Å². The minimum absolute atomic E-state index is 0.0864. The number of nitrogens with two attached hydrogens (primary N) is 1. The molecular weight excluding hydrogens is 276 g/mol. The van der Waals surface area contributed by atoms with E-state index in [1.54, 1.807) is 0 Å². The number of aromatic nitrogens is 2. The molecule has 0 saturated heterocycles. The molecule has 0 aromatic carbocycles. The first-order valence-electron chi connectivity index (χ1n) is 6.48. The first-order chi connectivity index (χ1) is 9.52. The summed E-state index contributed by atoms with van der Waals surface area (Å²) in [6.07, 6.45) is 0.704. The van der Waals surface area contributed by atoms with Crippen molar-refractivity contribution in [3.05, 3.63) is 26.6 Å². The number of carbonyl (C=O) groups is 1. The number of hydrogen-bond acceptors (Lipinski definition) is 5. The summed E-state index contributed by atoms with van der Waals surface area (Å²) in [5.74, 6) is 0.461. The lowest BCUT2D eigenvalue weighted by Gasteiger charge is -2.03. The van der Waals surface area contributed by atoms with E-state index in [0.717, 1.165) is 15.3 Å². The van der Waals surface area contributed by atoms with Crippen molar-refractivity contribution in [3.8, 4) is 0 Å². The second kappa shape index (κ2) is 6.15. The number of H-pyrrole nitrogens is 1. The fraction of sp³-hybridized carbons (Fsp3) is 0.462. The average molecular weight is 294 g/mol. The van der Waals surface area contributed by atoms with Crippen LogP contribution in [0.2, 0.25) is 0 Å². The van der Waals surface area contributed by atoms with Crippen LogP contribution in [-0.2, 0) is 11.2 Å². The third kappa shape index (κ3) is 3.05. The molecule has 2 aromatic rings. The van der Waals surface area contributed by atoms with Gasteiger partial charge in [-0.3, -0.25) is 9.59 Å². The van der Waals surface area contributed by atoms with Crippen molar-refractivity contribution in [1.82, 2.24) is 15.3 Å². The van der Waals surface area contributed by atoms with Gasteiger partial charge in [0.1, 0.15) is 10.7 Å². The number of nitrogens with one attached hydrogen (secondary N) is 2. The smallest absolute Gasteiger partial charge is 0.259 e. The number of rotatable bonds is 5. The van der Waals surface area contributed by atoms with Crippen LogP contribution in [-0.4, -0.2) is 29.0 Å². The average Bonchev–Trinajstić information content (AvgIpc) is 2.69. The van der Waals surface area contributed by atoms with Gasteiger partial charge in [0.2, 0.25) is 5.91 Å². The molecule has 0 spiro atoms. The van der Waals surface area contributed by atoms with Gasteiger partial charge in [-0.15, -0.1) is 11.3 Å². The van der Waals surface area contributed by atoms with Gasteiger partial charge in [-0.05, 0) is 19.4 Å². The van der Waals surface area contributed by atoms with Crippen LogP contribution >= 0.6 is 11.3 Å². The lowest BCUT2D eigenvalue weighted by atomic mass is 10.2. The van der Waals surface area contributed by atoms with Crippen LogP contribution in [0.1, 0.15) is 22.7 Å². The fourth-order valence-electron chi connectivity index (χ4n) is 1.95. The molecule has 0 bridgehead atoms. The zero-order valence-corrected chi connectivity index (χ0v) is 12.4. The van der Waals surface area contributed by atoms with E-state index in [1.165, 1.54) is 11.3 Å². The highest BCUT2D eigenvalue weighted by atomic mass is 32.1. The van der Waals surface area contributed by atoms with Crippen molar-refractivity contribution in [2.75, 3.05) is 13.1 Å². The van der Waals surface area contributed by atoms with Gasteiger partial charge in [0, 0.05) is 30.8 Å². The number of fused-ring (bicyclic) bond motifs is 1. The second-order valence-electron chi connectivity index (χ2n) is 4.61. The summed E-state index contributed by atoms with van der Waals surface area (Å²) in [5.41, 5.74) is 6.16. The summed E-state index contributed by atoms with van der Waals surface area (Å²) in [6.45, 7) is 4.78. The topological polar surface area (TPSA) is 101 Å². The van der Waals surface area contributed by atoms with Crippen molar-refractivity contribution in [2.45, 2.75) is 26.7 Å². The van der Waals surface area contributed by atoms with Gasteiger partial charge in [0.25, 0.3) is 5.56 Å². The molecule has 0 saturated carbocycles. The zero-order chi connectivity index (χ0) is 14.7. The predicted molar refractivity (Wildman–Crippen MR) is 80.1 cm³/mol. The molecule has 20 heavy (non-hydrogen) atoms. The molecule has 0 aliphatic rings. The Kier molecular flexibility index (Phi) is 4.51. The van der Waals surface area contributed by atoms with Crippen LogP contribution in [0.4, 0.5) is 0 Å². The molecular formula is C13H18N4O2S. The van der Waals surface area contributed by atoms with E-state index >= 15 is 0 Å². The van der Waals surface area contributed by atoms with Gasteiger partial charge in [0.15, 0.2) is 0 Å². The summed E-state index contributed by atoms with van der Waals surface area (Å²) < 4.78 is 0. The van der Waals surface area contributed by atoms with Crippen molar-refractivity contribution in [3.63, 3.8) is 0 Å². The SMILES string of the molecule is Cc1sc2nc(CCC(=O)NCCN)[nH]c(=O)c2c1C. The molecule has 0 unspecified atom stereocenters. The lowest BCUT2D eigenvalue weighted by molar-refractivity contribution is -0.121. The highest BCUT2D eigenvalue weighted by molar-refractivity contribution is 7.18. The fourth-order valence-corrected chi connectivity index (χ4v) is 3.00. The number of aryl methyl sites for hydroxylation is 3. The number of carbonyl (C=O) groups excluding carboxylic acids is 1. The number of amides is 1. The molecule has 4 N–H and O–H groups in total. The van der Waals surface area contributed by atoms with Crippen LogP contribution < -0.4 is 16.6 Å². The van der Waals surface area contributed by atoms with Gasteiger partial charge < -0.3 is 16.0 Å². The zero-order valence-electron chi connectivity index (χ0n) is 11.6. The number of hydrogen-bond donors (Lipinski definition) is 3. The van der Waals surface area contributed by atoms with Crippen LogP contribution in [0.15, 0.2) is 4.79 Å². The minimum Gasteiger partial charge on any atom is -0.355 e. The summed E-state index contributed by atoms with van der Waals surface area (Å²) >= 11 is 1.51. The molecule has 0 radical (unpaired) electrons. The number of aromatic amines is 1. The third-order valence-corrected chi connectivity index (χ3v) is 4.24. The maximum Gasteiger partial charge on any atom is 0.259 e. The Balaban J connectivity index is 2.16. The number of nitrogens with zero attached hydrogens (tertiary/aromatic N) is 1. The Labute approximate surface area is 120 Å². The highest BCUT2D eigenvalue weighted by Crippen LogP contribution is 2.25. The molecule has 0 aliphatic carbocycles. The molecule has 6 nitrogen and oxygen atoms in total. The van der Waals surface area contributed by atoms with Crippen LogP contribution in [0.3, 0.4) is 0 Å². The van der Waals surface area contributed by atoms with Gasteiger partial charge in [-0.1, -0.05) is 0 Å². The monoisotopic (exact) mass is 294 g/mol. The molecule has 108 valence electrons. The molecule has 2 aromatic heterocycles. The standard InChI is InChI=1S/C13H18N4O2S/c1-7-8(2)20-13-11(7)12(19)16-9(17-13)3-4-10(18)15-6-5-14/h3-6,14H2,1-2H3,(H,15,18)(H,16,17,19). The lowest BCUT2D eigenvalue weighted by Crippen LogP contribution is -2.29. The molecule has 0 fully saturated rings. The maximum absolute atomic E-state index is 12.0. The number of thiophene rings is 1. The van der Waals surface area contributed by atoms with E-state index in [1.807, 2.05) is 13.8 Å². The van der Waals surface area contributed by atoms with E-state index < -0.39 is 0 Å². The summed E-state index contributed by atoms with van der Waals surface area (Å²) in [7, 11) is 0. The first kappa shape index (κ1) is 14.7. The Bertz CT molecular complexity index is 689. The third-order valence-electron chi connectivity index (χ3n) is 3.14. The van der Waals surface area contributed by atoms with Crippen molar-refractivity contribution < 1.29 is 4.79 Å². The quantitative estimate of drug-likeness (QED) is 0.752. The Morgan fingerprint density at radius 1 is 1.45 bits per heavy atom. The van der Waals surface area contributed by atoms with Gasteiger partial charge >= 0.3 is 0 Å². The molecule has 2 rings (SSSR count). The van der Waals surface area contributed by atoms with Gasteiger partial charge in [-0.25, -0.2) is 4.98 Å². The highest BCUT2D eigenvalue weighted by Gasteiger charge is 2.12. The largest absolute Gasteiger partial charge is 0.355 e. The molecule has 2 heterocycles. The second-order valence-corrected chi connectivity index (χ2v) is 5.82. The minimum atomic E-state index is -0.130. The summed E-state index contributed by atoms with van der Waals surface area (Å²) in [6, 6.07) is 0. The molecule has 0 atom stereocenters. The van der Waals surface area contributed by atoms with Gasteiger partial charge in [0.05, 0.1) is 5.39 Å². The van der Waals surface area contributed by atoms with Crippen LogP contribution in [0.25, 0.3) is 10.2 Å². The van der Waals surface area contributed by atoms with Gasteiger partial charge in [-0.2, -0.15) is 0 Å². The maximum atomic E-state index is 12.0. The molecule has 1 amide bonds. The van der Waals surface area contributed by atoms with E-state index in [9.17, 15) is 9.59 Å². The van der Waals surface area contributed by atoms with E-state index in [-0.39, 0.29) is 17.9 Å². The molecule has 7 heteroatoms. The Hall–Kier alpha value is -1.73. The van der Waals surface area contributed by atoms with Crippen LogP contribution in [0.5, 0.6) is 0 Å². The van der Waals surface area contributed by atoms with Crippen molar-refractivity contribution in [1.29, 1.82) is 0 Å². The summed E-state index contributed by atoms with van der Waals surface area (Å²) in [4.78, 5) is 32.6.